The molecule has 6 aromatic heterocycles. The summed E-state index contributed by atoms with van der Waals surface area (Å²) in [6.45, 7) is 4.35. The molecule has 0 aromatic carbocycles. The first-order valence-electron chi connectivity index (χ1n) is 14.0. The van der Waals surface area contributed by atoms with Crippen LogP contribution >= 0.6 is 49.9 Å². The predicted molar refractivity (Wildman–Crippen MR) is 196 cm³/mol. The van der Waals surface area contributed by atoms with Crippen molar-refractivity contribution in [2.45, 2.75) is 26.7 Å². The van der Waals surface area contributed by atoms with Crippen molar-refractivity contribution in [2.75, 3.05) is 0 Å². The number of halogens is 1. The minimum atomic E-state index is 0. The average Bonchev–Trinajstić information content (AvgIpc) is 3.95. The van der Waals surface area contributed by atoms with Gasteiger partial charge in [-0.15, -0.1) is 34.0 Å². The van der Waals surface area contributed by atoms with Crippen molar-refractivity contribution >= 4 is 76.1 Å². The number of thiophene rings is 3. The summed E-state index contributed by atoms with van der Waals surface area (Å²) in [5.74, 6) is 0.576. The number of pyridine rings is 3. The van der Waals surface area contributed by atoms with Crippen LogP contribution in [0.1, 0.15) is 23.6 Å². The zero-order chi connectivity index (χ0) is 37.2. The second-order valence-corrected chi connectivity index (χ2v) is 12.9. The fraction of sp³-hybridized carbons (Fsp3) is 0.118. The minimum absolute atomic E-state index is 0. The van der Waals surface area contributed by atoms with E-state index in [0.29, 0.717) is 13.4 Å². The van der Waals surface area contributed by atoms with E-state index in [-0.39, 0.29) is 42.8 Å². The average molecular weight is 819 g/mol. The summed E-state index contributed by atoms with van der Waals surface area (Å²) < 4.78 is 5.83. The summed E-state index contributed by atoms with van der Waals surface area (Å²) in [5.41, 5.74) is 2.51. The van der Waals surface area contributed by atoms with Crippen LogP contribution in [-0.2, 0) is 41.6 Å². The van der Waals surface area contributed by atoms with E-state index in [0.717, 1.165) is 12.8 Å². The largest absolute Gasteiger partial charge is 1.00 e. The first kappa shape index (κ1) is 51.9. The second kappa shape index (κ2) is 36.3. The molecule has 0 atom stereocenters. The van der Waals surface area contributed by atoms with Gasteiger partial charge in [-0.05, 0) is 112 Å². The molecular formula is C34H31BBrLiN3O9S3. The van der Waals surface area contributed by atoms with E-state index in [1.807, 2.05) is 60.4 Å². The Bertz CT molecular complexity index is 1760. The molecule has 0 saturated carbocycles. The maximum absolute atomic E-state index is 8.15. The number of nitrogens with zero attached hydrogens (tertiary/aromatic N) is 3. The number of hydrogen-bond acceptors (Lipinski definition) is 15. The van der Waals surface area contributed by atoms with Crippen LogP contribution in [0.25, 0.3) is 20.9 Å². The standard InChI is InChI=1S/C11H11NS.C9H7NS.C6H7BrS.C5H5BNO2.3CO2.Li.H2O/c1-2-10-3-4-11(13-10)9-5-7-12-8-6-9;1-2-9(11-7-1)8-3-5-10-6-4-8;1-2-5-3-4-6(7)8-5;8-6-9-5-1-3-7-4-2-5;3*2-1-3;;/h3-8H,2H2,1H3;1-7H;3-4H,2H2,1H3;1-4,8H;;;;;1H2/q;;;;;;;+1;/p-1. The van der Waals surface area contributed by atoms with Crippen molar-refractivity contribution in [1.82, 2.24) is 15.0 Å². The van der Waals surface area contributed by atoms with Crippen molar-refractivity contribution < 1.29 is 62.8 Å². The molecule has 0 saturated heterocycles. The maximum atomic E-state index is 8.15. The SMILES string of the molecule is CCc1ccc(-c2ccncc2)s1.CCc1ccc(Br)s1.O=C=O.O=C=O.O=C=O.O[B]Oc1ccncc1.[Li+].[OH-].c1csc(-c2ccncc2)c1. The Hall–Kier alpha value is -4.45. The van der Waals surface area contributed by atoms with Crippen molar-refractivity contribution in [3.63, 3.8) is 0 Å². The van der Waals surface area contributed by atoms with E-state index in [1.165, 1.54) is 34.4 Å². The van der Waals surface area contributed by atoms with E-state index < -0.39 is 0 Å². The number of rotatable bonds is 6. The van der Waals surface area contributed by atoms with Gasteiger partial charge >= 0.3 is 45.0 Å². The molecular weight excluding hydrogens is 788 g/mol. The van der Waals surface area contributed by atoms with Crippen LogP contribution in [0.4, 0.5) is 0 Å². The van der Waals surface area contributed by atoms with Crippen molar-refractivity contribution in [3.05, 3.63) is 129 Å². The monoisotopic (exact) mass is 818 g/mol. The molecule has 52 heavy (non-hydrogen) atoms. The molecule has 0 amide bonds. The van der Waals surface area contributed by atoms with Crippen molar-refractivity contribution in [3.8, 4) is 26.6 Å². The van der Waals surface area contributed by atoms with Gasteiger partial charge in [-0.3, -0.25) is 15.0 Å². The Balaban J connectivity index is -0.000000571. The van der Waals surface area contributed by atoms with E-state index in [4.69, 9.17) is 33.8 Å². The van der Waals surface area contributed by atoms with Gasteiger partial charge in [-0.25, -0.2) is 0 Å². The molecule has 0 aliphatic carbocycles. The molecule has 0 aliphatic rings. The Morgan fingerprint density at radius 1 is 0.654 bits per heavy atom. The van der Waals surface area contributed by atoms with E-state index in [9.17, 15) is 0 Å². The molecule has 6 aromatic rings. The normalized spacial score (nSPS) is 8.08. The van der Waals surface area contributed by atoms with Crippen LogP contribution in [0.15, 0.2) is 119 Å². The molecule has 0 bridgehead atoms. The number of hydrogen-bond donors (Lipinski definition) is 1. The van der Waals surface area contributed by atoms with Gasteiger partial charge in [0.15, 0.2) is 0 Å². The Morgan fingerprint density at radius 2 is 1.08 bits per heavy atom. The zero-order valence-corrected chi connectivity index (χ0v) is 32.2. The van der Waals surface area contributed by atoms with E-state index in [1.54, 1.807) is 47.2 Å². The van der Waals surface area contributed by atoms with Gasteiger partial charge < -0.3 is 15.2 Å². The fourth-order valence-corrected chi connectivity index (χ4v) is 6.33. The summed E-state index contributed by atoms with van der Waals surface area (Å²) in [7, 11) is 0.634. The molecule has 0 aliphatic heterocycles. The Kier molecular flexibility index (Phi) is 36.3. The molecule has 0 spiro atoms. The molecule has 6 heterocycles. The zero-order valence-electron chi connectivity index (χ0n) is 28.2. The van der Waals surface area contributed by atoms with Crippen LogP contribution in [0, 0.1) is 0 Å². The van der Waals surface area contributed by atoms with Crippen LogP contribution in [0.3, 0.4) is 0 Å². The summed E-state index contributed by atoms with van der Waals surface area (Å²) in [5, 5.41) is 10.2. The summed E-state index contributed by atoms with van der Waals surface area (Å²) in [6.07, 6.45) is 13.5. The maximum Gasteiger partial charge on any atom is 1.00 e. The molecule has 0 unspecified atom stereocenters. The smallest absolute Gasteiger partial charge is 0.870 e. The topological polar surface area (TPSA) is 201 Å². The van der Waals surface area contributed by atoms with Crippen molar-refractivity contribution in [1.29, 1.82) is 0 Å². The van der Waals surface area contributed by atoms with Gasteiger partial charge in [0.2, 0.25) is 0 Å². The molecule has 2 N–H and O–H groups in total. The van der Waals surface area contributed by atoms with Gasteiger partial charge in [0.25, 0.3) is 0 Å². The Morgan fingerprint density at radius 3 is 1.42 bits per heavy atom. The molecule has 12 nitrogen and oxygen atoms in total. The molecule has 18 heteroatoms. The summed E-state index contributed by atoms with van der Waals surface area (Å²) in [4.78, 5) is 66.0. The van der Waals surface area contributed by atoms with Gasteiger partial charge in [0.05, 0.1) is 3.79 Å². The predicted octanol–water partition coefficient (Wildman–Crippen LogP) is 4.32. The summed E-state index contributed by atoms with van der Waals surface area (Å²) in [6, 6.07) is 24.2. The van der Waals surface area contributed by atoms with Gasteiger partial charge in [-0.1, -0.05) is 19.9 Å². The second-order valence-electron chi connectivity index (χ2n) is 8.28. The van der Waals surface area contributed by atoms with Gasteiger partial charge in [0.1, 0.15) is 5.75 Å². The van der Waals surface area contributed by atoms with E-state index >= 15 is 0 Å². The van der Waals surface area contributed by atoms with Crippen molar-refractivity contribution in [2.24, 2.45) is 0 Å². The number of carbonyl (C=O) groups excluding carboxylic acids is 6. The summed E-state index contributed by atoms with van der Waals surface area (Å²) >= 11 is 8.80. The molecule has 6 rings (SSSR count). The third-order valence-corrected chi connectivity index (χ3v) is 9.24. The third kappa shape index (κ3) is 25.5. The molecule has 1 radical (unpaired) electrons. The van der Waals surface area contributed by atoms with Gasteiger partial charge in [0, 0.05) is 56.7 Å². The van der Waals surface area contributed by atoms with E-state index in [2.05, 4.69) is 91.2 Å². The fourth-order valence-electron chi connectivity index (χ4n) is 3.22. The first-order valence-corrected chi connectivity index (χ1v) is 17.4. The van der Waals surface area contributed by atoms with Crippen LogP contribution in [-0.4, -0.2) is 51.6 Å². The molecule has 265 valence electrons. The Labute approximate surface area is 333 Å². The van der Waals surface area contributed by atoms with Gasteiger partial charge in [-0.2, -0.15) is 28.8 Å². The first-order chi connectivity index (χ1) is 24.4. The quantitative estimate of drug-likeness (QED) is 0.234. The third-order valence-electron chi connectivity index (χ3n) is 5.28. The van der Waals surface area contributed by atoms with Crippen LogP contribution < -0.4 is 23.5 Å². The minimum Gasteiger partial charge on any atom is -0.870 e. The number of aromatic nitrogens is 3. The van der Waals surface area contributed by atoms with Crippen LogP contribution in [0.5, 0.6) is 5.75 Å². The molecule has 0 fully saturated rings. The number of aryl methyl sites for hydroxylation is 2. The van der Waals surface area contributed by atoms with Crippen LogP contribution in [0.2, 0.25) is 0 Å².